The van der Waals surface area contributed by atoms with E-state index in [9.17, 15) is 0 Å². The molecular weight excluding hydrogens is 358 g/mol. The van der Waals surface area contributed by atoms with Crippen molar-refractivity contribution in [2.75, 3.05) is 4.90 Å². The second kappa shape index (κ2) is 6.74. The molecule has 0 aromatic heterocycles. The van der Waals surface area contributed by atoms with Gasteiger partial charge in [-0.25, -0.2) is 0 Å². The number of thiocarbonyl (C=S) groups is 1. The average Bonchev–Trinajstić information content (AvgIpc) is 3.05. The van der Waals surface area contributed by atoms with Gasteiger partial charge in [0.05, 0.1) is 0 Å². The molecule has 0 aliphatic carbocycles. The molecule has 0 fully saturated rings. The molecule has 5 rings (SSSR count). The van der Waals surface area contributed by atoms with Gasteiger partial charge in [-0.05, 0) is 28.8 Å². The highest BCUT2D eigenvalue weighted by Gasteiger charge is 2.50. The molecule has 1 heterocycles. The molecule has 0 saturated carbocycles. The van der Waals surface area contributed by atoms with Crippen molar-refractivity contribution in [3.8, 4) is 0 Å². The maximum Gasteiger partial charge on any atom is 0.122 e. The van der Waals surface area contributed by atoms with E-state index in [1.165, 1.54) is 16.7 Å². The smallest absolute Gasteiger partial charge is 0.122 e. The number of nitrogens with zero attached hydrogens (tertiary/aromatic N) is 1. The Kier molecular flexibility index (Phi) is 4.07. The number of hydrogen-bond donors (Lipinski definition) is 0. The molecule has 0 amide bonds. The van der Waals surface area contributed by atoms with E-state index in [-0.39, 0.29) is 0 Å². The minimum Gasteiger partial charge on any atom is -0.314 e. The van der Waals surface area contributed by atoms with E-state index in [1.807, 2.05) is 6.07 Å². The van der Waals surface area contributed by atoms with Crippen molar-refractivity contribution < 1.29 is 0 Å². The lowest BCUT2D eigenvalue weighted by atomic mass is 9.77. The molecule has 0 spiro atoms. The summed E-state index contributed by atoms with van der Waals surface area (Å²) in [5, 5.41) is 0. The van der Waals surface area contributed by atoms with Gasteiger partial charge in [0.15, 0.2) is 0 Å². The topological polar surface area (TPSA) is 3.24 Å². The highest BCUT2D eigenvalue weighted by Crippen LogP contribution is 2.51. The lowest BCUT2D eigenvalue weighted by molar-refractivity contribution is 0.663. The first-order valence-electron chi connectivity index (χ1n) is 9.43. The van der Waals surface area contributed by atoms with Crippen LogP contribution in [0.4, 0.5) is 5.69 Å². The van der Waals surface area contributed by atoms with Gasteiger partial charge in [0.1, 0.15) is 10.5 Å². The Morgan fingerprint density at radius 2 is 1.00 bits per heavy atom. The summed E-state index contributed by atoms with van der Waals surface area (Å²) in [7, 11) is 0. The summed E-state index contributed by atoms with van der Waals surface area (Å²) in [6.07, 6.45) is 0. The number of hydrogen-bond acceptors (Lipinski definition) is 1. The van der Waals surface area contributed by atoms with E-state index in [1.54, 1.807) is 0 Å². The normalized spacial score (nSPS) is 14.7. The maximum atomic E-state index is 6.05. The summed E-state index contributed by atoms with van der Waals surface area (Å²) in [5.74, 6) is 0. The van der Waals surface area contributed by atoms with Crippen LogP contribution in [0.3, 0.4) is 0 Å². The van der Waals surface area contributed by atoms with Crippen LogP contribution in [0.5, 0.6) is 0 Å². The van der Waals surface area contributed by atoms with E-state index in [4.69, 9.17) is 12.2 Å². The average molecular weight is 378 g/mol. The minimum absolute atomic E-state index is 0.502. The molecule has 4 aromatic rings. The molecule has 1 aliphatic heterocycles. The summed E-state index contributed by atoms with van der Waals surface area (Å²) in [6.45, 7) is 0. The number of rotatable bonds is 3. The summed E-state index contributed by atoms with van der Waals surface area (Å²) < 4.78 is 0. The standard InChI is InChI=1S/C26H19NS/c28-25-23-18-10-11-19-24(23)26(20-12-4-1-5-13-20,21-14-6-2-7-15-21)27(25)22-16-8-3-9-17-22/h1-19H. The number of benzene rings is 4. The highest BCUT2D eigenvalue weighted by atomic mass is 32.1. The molecule has 4 aromatic carbocycles. The van der Waals surface area contributed by atoms with Crippen molar-refractivity contribution in [1.82, 2.24) is 0 Å². The first-order valence-corrected chi connectivity index (χ1v) is 9.84. The van der Waals surface area contributed by atoms with Crippen molar-refractivity contribution in [2.45, 2.75) is 5.54 Å². The lowest BCUT2D eigenvalue weighted by Crippen LogP contribution is -2.45. The van der Waals surface area contributed by atoms with Crippen molar-refractivity contribution in [2.24, 2.45) is 0 Å². The van der Waals surface area contributed by atoms with Gasteiger partial charge >= 0.3 is 0 Å². The van der Waals surface area contributed by atoms with Crippen LogP contribution < -0.4 is 4.90 Å². The Balaban J connectivity index is 1.93. The molecule has 28 heavy (non-hydrogen) atoms. The third-order valence-corrected chi connectivity index (χ3v) is 5.89. The predicted octanol–water partition coefficient (Wildman–Crippen LogP) is 6.17. The van der Waals surface area contributed by atoms with Crippen LogP contribution in [0, 0.1) is 0 Å². The zero-order valence-electron chi connectivity index (χ0n) is 15.3. The molecule has 2 heteroatoms. The van der Waals surface area contributed by atoms with Crippen LogP contribution in [-0.2, 0) is 5.54 Å². The van der Waals surface area contributed by atoms with Crippen LogP contribution in [-0.4, -0.2) is 4.99 Å². The van der Waals surface area contributed by atoms with Crippen LogP contribution in [0.15, 0.2) is 115 Å². The number of fused-ring (bicyclic) bond motifs is 1. The fourth-order valence-corrected chi connectivity index (χ4v) is 4.78. The van der Waals surface area contributed by atoms with Crippen LogP contribution >= 0.6 is 12.2 Å². The van der Waals surface area contributed by atoms with Crippen LogP contribution in [0.2, 0.25) is 0 Å². The SMILES string of the molecule is S=C1c2ccccc2C(c2ccccc2)(c2ccccc2)N1c1ccccc1. The first-order chi connectivity index (χ1) is 13.8. The van der Waals surface area contributed by atoms with Gasteiger partial charge in [0.25, 0.3) is 0 Å². The maximum absolute atomic E-state index is 6.05. The van der Waals surface area contributed by atoms with E-state index in [2.05, 4.69) is 114 Å². The molecular formula is C26H19NS. The van der Waals surface area contributed by atoms with Crippen LogP contribution in [0.1, 0.15) is 22.3 Å². The summed E-state index contributed by atoms with van der Waals surface area (Å²) in [6, 6.07) is 40.3. The molecule has 0 atom stereocenters. The van der Waals surface area contributed by atoms with Crippen LogP contribution in [0.25, 0.3) is 0 Å². The Morgan fingerprint density at radius 1 is 0.536 bits per heavy atom. The predicted molar refractivity (Wildman–Crippen MR) is 120 cm³/mol. The van der Waals surface area contributed by atoms with E-state index >= 15 is 0 Å². The molecule has 134 valence electrons. The van der Waals surface area contributed by atoms with Gasteiger partial charge in [-0.15, -0.1) is 0 Å². The zero-order valence-corrected chi connectivity index (χ0v) is 16.1. The largest absolute Gasteiger partial charge is 0.314 e. The Labute approximate surface area is 170 Å². The Hall–Kier alpha value is -3.23. The number of anilines is 1. The quantitative estimate of drug-likeness (QED) is 0.393. The fraction of sp³-hybridized carbons (Fsp3) is 0.0385. The van der Waals surface area contributed by atoms with Crippen molar-refractivity contribution >= 4 is 22.9 Å². The molecule has 0 radical (unpaired) electrons. The third-order valence-electron chi connectivity index (χ3n) is 5.48. The molecule has 0 N–H and O–H groups in total. The molecule has 1 aliphatic rings. The molecule has 1 nitrogen and oxygen atoms in total. The van der Waals surface area contributed by atoms with Gasteiger partial charge in [-0.3, -0.25) is 0 Å². The third kappa shape index (κ3) is 2.35. The first kappa shape index (κ1) is 16.9. The second-order valence-electron chi connectivity index (χ2n) is 6.96. The van der Waals surface area contributed by atoms with Gasteiger partial charge in [0.2, 0.25) is 0 Å². The van der Waals surface area contributed by atoms with Gasteiger partial charge in [-0.1, -0.05) is 115 Å². The van der Waals surface area contributed by atoms with Crippen molar-refractivity contribution in [3.05, 3.63) is 138 Å². The molecule has 0 saturated heterocycles. The highest BCUT2D eigenvalue weighted by molar-refractivity contribution is 7.81. The minimum atomic E-state index is -0.502. The monoisotopic (exact) mass is 377 g/mol. The van der Waals surface area contributed by atoms with Crippen molar-refractivity contribution in [1.29, 1.82) is 0 Å². The van der Waals surface area contributed by atoms with E-state index < -0.39 is 5.54 Å². The molecule has 0 bridgehead atoms. The summed E-state index contributed by atoms with van der Waals surface area (Å²) >= 11 is 6.05. The number of para-hydroxylation sites is 1. The Bertz CT molecular complexity index is 1080. The van der Waals surface area contributed by atoms with Crippen molar-refractivity contribution in [3.63, 3.8) is 0 Å². The van der Waals surface area contributed by atoms with E-state index in [0.717, 1.165) is 16.2 Å². The zero-order chi connectivity index (χ0) is 19.0. The fourth-order valence-electron chi connectivity index (χ4n) is 4.36. The van der Waals surface area contributed by atoms with Gasteiger partial charge < -0.3 is 4.90 Å². The lowest BCUT2D eigenvalue weighted by Gasteiger charge is -2.41. The van der Waals surface area contributed by atoms with Gasteiger partial charge in [-0.2, -0.15) is 0 Å². The summed E-state index contributed by atoms with van der Waals surface area (Å²) in [5.41, 5.74) is 5.35. The van der Waals surface area contributed by atoms with Gasteiger partial charge in [0, 0.05) is 11.3 Å². The van der Waals surface area contributed by atoms with E-state index in [0.29, 0.717) is 0 Å². The second-order valence-corrected chi connectivity index (χ2v) is 7.35. The molecule has 0 unspecified atom stereocenters. The Morgan fingerprint density at radius 3 is 1.57 bits per heavy atom. The summed E-state index contributed by atoms with van der Waals surface area (Å²) in [4.78, 5) is 3.17.